The summed E-state index contributed by atoms with van der Waals surface area (Å²) >= 11 is 13.4. The average molecular weight is 535 g/mol. The Morgan fingerprint density at radius 1 is 1.14 bits per heavy atom. The van der Waals surface area contributed by atoms with Crippen LogP contribution in [0.25, 0.3) is 0 Å². The number of carbonyl (C=O) groups is 2. The number of hydrogen-bond acceptors (Lipinski definition) is 5. The van der Waals surface area contributed by atoms with E-state index in [4.69, 9.17) is 27.9 Å². The number of nitrogens with one attached hydrogen (secondary N) is 2. The van der Waals surface area contributed by atoms with Crippen molar-refractivity contribution in [2.75, 3.05) is 32.1 Å². The zero-order valence-electron chi connectivity index (χ0n) is 19.9. The molecule has 0 aliphatic rings. The van der Waals surface area contributed by atoms with Gasteiger partial charge in [0.15, 0.2) is 0 Å². The van der Waals surface area contributed by atoms with Gasteiger partial charge in [0.2, 0.25) is 0 Å². The van der Waals surface area contributed by atoms with Gasteiger partial charge in [-0.3, -0.25) is 4.79 Å². The first-order valence-electron chi connectivity index (χ1n) is 11.1. The maximum atomic E-state index is 13.0. The van der Waals surface area contributed by atoms with E-state index in [-0.39, 0.29) is 18.5 Å². The molecule has 7 nitrogen and oxygen atoms in total. The molecule has 0 saturated heterocycles. The van der Waals surface area contributed by atoms with Crippen molar-refractivity contribution in [1.29, 1.82) is 0 Å². The molecule has 0 bridgehead atoms. The topological polar surface area (TPSA) is 83.6 Å². The van der Waals surface area contributed by atoms with Gasteiger partial charge in [-0.2, -0.15) is 0 Å². The average Bonchev–Trinajstić information content (AvgIpc) is 3.29. The van der Waals surface area contributed by atoms with Crippen LogP contribution >= 0.6 is 34.5 Å². The highest BCUT2D eigenvalue weighted by Gasteiger charge is 2.19. The van der Waals surface area contributed by atoms with Gasteiger partial charge >= 0.3 is 6.03 Å². The molecule has 2 N–H and O–H groups in total. The number of benzene rings is 2. The van der Waals surface area contributed by atoms with Crippen molar-refractivity contribution in [3.63, 3.8) is 0 Å². The lowest BCUT2D eigenvalue weighted by atomic mass is 10.1. The number of anilines is 1. The molecule has 10 heteroatoms. The summed E-state index contributed by atoms with van der Waals surface area (Å²) in [5.74, 6) is -0.277. The fraction of sp³-hybridized carbons (Fsp3) is 0.320. The van der Waals surface area contributed by atoms with Crippen molar-refractivity contribution in [2.45, 2.75) is 26.8 Å². The summed E-state index contributed by atoms with van der Waals surface area (Å²) in [7, 11) is 1.59. The number of nitrogens with zero attached hydrogens (tertiary/aromatic N) is 2. The second-order valence-corrected chi connectivity index (χ2v) is 9.77. The number of halogens is 2. The van der Waals surface area contributed by atoms with Crippen LogP contribution in [0.5, 0.6) is 0 Å². The van der Waals surface area contributed by atoms with Gasteiger partial charge < -0.3 is 20.3 Å². The van der Waals surface area contributed by atoms with Crippen LogP contribution in [0.2, 0.25) is 10.0 Å². The highest BCUT2D eigenvalue weighted by Crippen LogP contribution is 2.22. The molecular weight excluding hydrogens is 507 g/mol. The van der Waals surface area contributed by atoms with E-state index in [1.165, 1.54) is 11.3 Å². The maximum Gasteiger partial charge on any atom is 0.322 e. The van der Waals surface area contributed by atoms with Crippen molar-refractivity contribution in [3.8, 4) is 0 Å². The predicted molar refractivity (Wildman–Crippen MR) is 142 cm³/mol. The highest BCUT2D eigenvalue weighted by atomic mass is 35.5. The molecule has 186 valence electrons. The minimum Gasteiger partial charge on any atom is -0.383 e. The van der Waals surface area contributed by atoms with E-state index in [2.05, 4.69) is 15.6 Å². The Kier molecular flexibility index (Phi) is 9.92. The molecule has 1 heterocycles. The fourth-order valence-electron chi connectivity index (χ4n) is 3.43. The summed E-state index contributed by atoms with van der Waals surface area (Å²) in [6, 6.07) is 10.9. The van der Waals surface area contributed by atoms with Crippen molar-refractivity contribution in [3.05, 3.63) is 79.2 Å². The van der Waals surface area contributed by atoms with Crippen molar-refractivity contribution in [1.82, 2.24) is 15.2 Å². The summed E-state index contributed by atoms with van der Waals surface area (Å²) < 4.78 is 5.18. The van der Waals surface area contributed by atoms with Gasteiger partial charge in [0.05, 0.1) is 13.2 Å². The molecule has 1 aromatic heterocycles. The van der Waals surface area contributed by atoms with Crippen LogP contribution in [-0.2, 0) is 17.7 Å². The molecule has 0 aliphatic carbocycles. The van der Waals surface area contributed by atoms with Crippen LogP contribution in [0.15, 0.2) is 41.8 Å². The first-order chi connectivity index (χ1) is 16.8. The van der Waals surface area contributed by atoms with Crippen molar-refractivity contribution < 1.29 is 14.3 Å². The summed E-state index contributed by atoms with van der Waals surface area (Å²) in [4.78, 5) is 31.7. The summed E-state index contributed by atoms with van der Waals surface area (Å²) in [6.07, 6.45) is 0.571. The van der Waals surface area contributed by atoms with Crippen molar-refractivity contribution in [2.24, 2.45) is 0 Å². The zero-order chi connectivity index (χ0) is 25.4. The van der Waals surface area contributed by atoms with E-state index in [1.807, 2.05) is 38.1 Å². The number of methoxy groups -OCH3 is 1. The lowest BCUT2D eigenvalue weighted by Gasteiger charge is -2.23. The van der Waals surface area contributed by atoms with Gasteiger partial charge in [0.1, 0.15) is 10.7 Å². The minimum absolute atomic E-state index is 0.250. The third-order valence-electron chi connectivity index (χ3n) is 5.37. The number of para-hydroxylation sites is 1. The summed E-state index contributed by atoms with van der Waals surface area (Å²) in [5.41, 5.74) is 3.98. The summed E-state index contributed by atoms with van der Waals surface area (Å²) in [5, 5.41) is 9.34. The number of ether oxygens (including phenoxy) is 1. The molecule has 2 aromatic carbocycles. The maximum absolute atomic E-state index is 13.0. The third kappa shape index (κ3) is 7.67. The van der Waals surface area contributed by atoms with Gasteiger partial charge in [-0.1, -0.05) is 47.5 Å². The first kappa shape index (κ1) is 26.9. The second-order valence-electron chi connectivity index (χ2n) is 7.98. The second kappa shape index (κ2) is 12.9. The van der Waals surface area contributed by atoms with Crippen LogP contribution < -0.4 is 10.6 Å². The fourth-order valence-corrected chi connectivity index (χ4v) is 4.72. The van der Waals surface area contributed by atoms with E-state index >= 15 is 0 Å². The van der Waals surface area contributed by atoms with E-state index in [0.717, 1.165) is 22.4 Å². The van der Waals surface area contributed by atoms with Gasteiger partial charge in [-0.05, 0) is 49.1 Å². The number of thiazole rings is 1. The Balaban J connectivity index is 1.60. The zero-order valence-corrected chi connectivity index (χ0v) is 22.2. The van der Waals surface area contributed by atoms with Gasteiger partial charge in [0.25, 0.3) is 5.91 Å². The number of urea groups is 1. The Bertz CT molecular complexity index is 1170. The molecule has 0 atom stereocenters. The minimum atomic E-state index is -0.277. The van der Waals surface area contributed by atoms with Gasteiger partial charge in [-0.25, -0.2) is 9.78 Å². The highest BCUT2D eigenvalue weighted by molar-refractivity contribution is 7.09. The number of aromatic nitrogens is 1. The quantitative estimate of drug-likeness (QED) is 0.348. The van der Waals surface area contributed by atoms with E-state index in [1.54, 1.807) is 29.5 Å². The normalized spacial score (nSPS) is 10.8. The first-order valence-corrected chi connectivity index (χ1v) is 12.7. The molecule has 0 saturated carbocycles. The van der Waals surface area contributed by atoms with Crippen LogP contribution in [0.1, 0.15) is 32.2 Å². The molecule has 3 rings (SSSR count). The monoisotopic (exact) mass is 534 g/mol. The lowest BCUT2D eigenvalue weighted by Crippen LogP contribution is -2.37. The standard InChI is InChI=1S/C25H28Cl2N4O3S/c1-16-5-4-6-17(2)23(16)30-25(33)31(11-12-34-3)14-22-29-21(15-35-22)24(32)28-10-9-18-7-8-19(26)13-20(18)27/h4-8,13,15H,9-12,14H2,1-3H3,(H,28,32)(H,30,33). The molecule has 0 radical (unpaired) electrons. The van der Waals surface area contributed by atoms with Crippen LogP contribution in [0.3, 0.4) is 0 Å². The molecular formula is C25H28Cl2N4O3S. The van der Waals surface area contributed by atoms with Gasteiger partial charge in [-0.15, -0.1) is 11.3 Å². The van der Waals surface area contributed by atoms with E-state index in [0.29, 0.717) is 46.9 Å². The predicted octanol–water partition coefficient (Wildman–Crippen LogP) is 5.72. The third-order valence-corrected chi connectivity index (χ3v) is 6.79. The molecule has 35 heavy (non-hydrogen) atoms. The van der Waals surface area contributed by atoms with Crippen LogP contribution in [0.4, 0.5) is 10.5 Å². The van der Waals surface area contributed by atoms with E-state index in [9.17, 15) is 9.59 Å². The molecule has 0 fully saturated rings. The number of amides is 3. The molecule has 3 amide bonds. The SMILES string of the molecule is COCCN(Cc1nc(C(=O)NCCc2ccc(Cl)cc2Cl)cs1)C(=O)Nc1c(C)cccc1C. The van der Waals surface area contributed by atoms with Crippen LogP contribution in [0, 0.1) is 13.8 Å². The van der Waals surface area contributed by atoms with E-state index < -0.39 is 0 Å². The Labute approximate surface area is 219 Å². The number of carbonyl (C=O) groups excluding carboxylic acids is 2. The largest absolute Gasteiger partial charge is 0.383 e. The Morgan fingerprint density at radius 2 is 1.89 bits per heavy atom. The summed E-state index contributed by atoms with van der Waals surface area (Å²) in [6.45, 7) is 5.34. The smallest absolute Gasteiger partial charge is 0.322 e. The Hall–Kier alpha value is -2.65. The van der Waals surface area contributed by atoms with Crippen molar-refractivity contribution >= 4 is 52.2 Å². The Morgan fingerprint density at radius 3 is 2.57 bits per heavy atom. The molecule has 3 aromatic rings. The molecule has 0 unspecified atom stereocenters. The lowest BCUT2D eigenvalue weighted by molar-refractivity contribution is 0.0949. The van der Waals surface area contributed by atoms with Crippen LogP contribution in [-0.4, -0.2) is 48.6 Å². The molecule has 0 spiro atoms. The number of hydrogen-bond donors (Lipinski definition) is 2. The number of rotatable bonds is 10. The van der Waals surface area contributed by atoms with Gasteiger partial charge in [0, 0.05) is 41.3 Å². The molecule has 0 aliphatic heterocycles. The number of aryl methyl sites for hydroxylation is 2.